The van der Waals surface area contributed by atoms with Gasteiger partial charge in [-0.25, -0.2) is 9.50 Å². The number of benzene rings is 1. The van der Waals surface area contributed by atoms with Gasteiger partial charge in [-0.05, 0) is 24.8 Å². The molecule has 0 N–H and O–H groups in total. The van der Waals surface area contributed by atoms with Crippen LogP contribution in [0.5, 0.6) is 0 Å². The number of Topliss-reactive ketones (excluding diaryl/α,β-unsaturated/α-hetero) is 1. The van der Waals surface area contributed by atoms with E-state index in [9.17, 15) is 4.79 Å². The van der Waals surface area contributed by atoms with Gasteiger partial charge in [0, 0.05) is 17.8 Å². The van der Waals surface area contributed by atoms with Crippen LogP contribution in [0.25, 0.3) is 16.9 Å². The maximum Gasteiger partial charge on any atom is 0.163 e. The Morgan fingerprint density at radius 2 is 1.78 bits per heavy atom. The fraction of sp³-hybridized carbons (Fsp3) is 0.316. The summed E-state index contributed by atoms with van der Waals surface area (Å²) in [6.07, 6.45) is 1.63. The molecule has 4 nitrogen and oxygen atoms in total. The first-order valence-corrected chi connectivity index (χ1v) is 7.74. The Hall–Kier alpha value is -2.49. The third-order valence-electron chi connectivity index (χ3n) is 4.15. The van der Waals surface area contributed by atoms with Crippen molar-refractivity contribution in [3.05, 3.63) is 53.3 Å². The van der Waals surface area contributed by atoms with Crippen molar-refractivity contribution < 1.29 is 4.79 Å². The number of carbonyl (C=O) groups is 1. The van der Waals surface area contributed by atoms with Crippen LogP contribution in [-0.4, -0.2) is 20.4 Å². The lowest BCUT2D eigenvalue weighted by Gasteiger charge is -2.18. The molecule has 1 aromatic carbocycles. The molecule has 4 heteroatoms. The highest BCUT2D eigenvalue weighted by Crippen LogP contribution is 2.26. The predicted molar refractivity (Wildman–Crippen MR) is 91.9 cm³/mol. The van der Waals surface area contributed by atoms with Crippen LogP contribution in [0.1, 0.15) is 49.3 Å². The molecule has 0 unspecified atom stereocenters. The number of hydrogen-bond acceptors (Lipinski definition) is 3. The molecule has 2 aromatic heterocycles. The summed E-state index contributed by atoms with van der Waals surface area (Å²) in [5.74, 6) is 0.00322. The van der Waals surface area contributed by atoms with E-state index in [1.165, 1.54) is 5.56 Å². The summed E-state index contributed by atoms with van der Waals surface area (Å²) in [6, 6.07) is 10.4. The lowest BCUT2D eigenvalue weighted by Crippen LogP contribution is -2.10. The zero-order valence-corrected chi connectivity index (χ0v) is 14.2. The molecule has 0 radical (unpaired) electrons. The van der Waals surface area contributed by atoms with Gasteiger partial charge in [0.05, 0.1) is 17.0 Å². The normalized spacial score (nSPS) is 11.9. The first kappa shape index (κ1) is 15.4. The van der Waals surface area contributed by atoms with Gasteiger partial charge >= 0.3 is 0 Å². The number of ketones is 1. The molecule has 3 aromatic rings. The lowest BCUT2D eigenvalue weighted by atomic mass is 9.86. The number of aromatic nitrogens is 3. The molecular formula is C19H21N3O. The van der Waals surface area contributed by atoms with Crippen molar-refractivity contribution in [2.75, 3.05) is 0 Å². The van der Waals surface area contributed by atoms with E-state index < -0.39 is 0 Å². The van der Waals surface area contributed by atoms with Gasteiger partial charge in [0.2, 0.25) is 0 Å². The molecular weight excluding hydrogens is 286 g/mol. The highest BCUT2D eigenvalue weighted by Gasteiger charge is 2.15. The van der Waals surface area contributed by atoms with Crippen LogP contribution in [0.15, 0.2) is 36.5 Å². The third kappa shape index (κ3) is 2.77. The van der Waals surface area contributed by atoms with Crippen molar-refractivity contribution in [2.45, 2.75) is 40.0 Å². The van der Waals surface area contributed by atoms with Crippen LogP contribution < -0.4 is 0 Å². The van der Waals surface area contributed by atoms with Crippen LogP contribution in [-0.2, 0) is 5.41 Å². The largest absolute Gasteiger partial charge is 0.294 e. The molecule has 0 aliphatic heterocycles. The van der Waals surface area contributed by atoms with E-state index in [4.69, 9.17) is 0 Å². The maximum atomic E-state index is 11.6. The SMILES string of the molecule is CC(=O)c1cnc2cc(-c3ccc(C(C)(C)C)cc3)nn2c1C. The molecule has 3 rings (SSSR count). The number of nitrogens with zero attached hydrogens (tertiary/aromatic N) is 3. The molecule has 0 aliphatic rings. The van der Waals surface area contributed by atoms with Gasteiger partial charge in [0.1, 0.15) is 0 Å². The number of fused-ring (bicyclic) bond motifs is 1. The molecule has 0 fully saturated rings. The summed E-state index contributed by atoms with van der Waals surface area (Å²) in [4.78, 5) is 16.0. The van der Waals surface area contributed by atoms with Crippen molar-refractivity contribution in [3.8, 4) is 11.3 Å². The summed E-state index contributed by atoms with van der Waals surface area (Å²) < 4.78 is 1.74. The maximum absolute atomic E-state index is 11.6. The van der Waals surface area contributed by atoms with E-state index in [2.05, 4.69) is 55.1 Å². The second kappa shape index (κ2) is 5.30. The van der Waals surface area contributed by atoms with Gasteiger partial charge in [-0.15, -0.1) is 0 Å². The predicted octanol–water partition coefficient (Wildman–Crippen LogP) is 4.20. The first-order valence-electron chi connectivity index (χ1n) is 7.74. The fourth-order valence-electron chi connectivity index (χ4n) is 2.68. The smallest absolute Gasteiger partial charge is 0.163 e. The number of aryl methyl sites for hydroxylation is 1. The summed E-state index contributed by atoms with van der Waals surface area (Å²) in [5.41, 5.74) is 5.51. The Morgan fingerprint density at radius 1 is 1.13 bits per heavy atom. The summed E-state index contributed by atoms with van der Waals surface area (Å²) in [6.45, 7) is 10.0. The van der Waals surface area contributed by atoms with Gasteiger partial charge in [-0.3, -0.25) is 4.79 Å². The first-order chi connectivity index (χ1) is 10.8. The van der Waals surface area contributed by atoms with E-state index in [0.29, 0.717) is 5.56 Å². The number of carbonyl (C=O) groups excluding carboxylic acids is 1. The molecule has 118 valence electrons. The molecule has 0 amide bonds. The quantitative estimate of drug-likeness (QED) is 0.666. The van der Waals surface area contributed by atoms with Crippen LogP contribution in [0.4, 0.5) is 0 Å². The van der Waals surface area contributed by atoms with Crippen molar-refractivity contribution in [1.82, 2.24) is 14.6 Å². The molecule has 0 spiro atoms. The zero-order chi connectivity index (χ0) is 16.8. The number of hydrogen-bond donors (Lipinski definition) is 0. The van der Waals surface area contributed by atoms with Crippen LogP contribution in [0, 0.1) is 6.92 Å². The molecule has 0 bridgehead atoms. The van der Waals surface area contributed by atoms with E-state index in [0.717, 1.165) is 22.6 Å². The van der Waals surface area contributed by atoms with E-state index in [-0.39, 0.29) is 11.2 Å². The molecule has 0 atom stereocenters. The van der Waals surface area contributed by atoms with E-state index in [1.54, 1.807) is 17.6 Å². The highest BCUT2D eigenvalue weighted by atomic mass is 16.1. The second-order valence-corrected chi connectivity index (χ2v) is 6.94. The lowest BCUT2D eigenvalue weighted by molar-refractivity contribution is 0.101. The Morgan fingerprint density at radius 3 is 2.35 bits per heavy atom. The average Bonchev–Trinajstić information content (AvgIpc) is 2.91. The molecule has 2 heterocycles. The monoisotopic (exact) mass is 307 g/mol. The van der Waals surface area contributed by atoms with Crippen molar-refractivity contribution >= 4 is 11.4 Å². The van der Waals surface area contributed by atoms with Crippen molar-refractivity contribution in [1.29, 1.82) is 0 Å². The summed E-state index contributed by atoms with van der Waals surface area (Å²) in [7, 11) is 0. The standard InChI is InChI=1S/C19H21N3O/c1-12-16(13(2)23)11-20-18-10-17(21-22(12)18)14-6-8-15(9-7-14)19(3,4)5/h6-11H,1-5H3. The van der Waals surface area contributed by atoms with Gasteiger partial charge in [-0.2, -0.15) is 5.10 Å². The second-order valence-electron chi connectivity index (χ2n) is 6.94. The molecule has 0 aliphatic carbocycles. The summed E-state index contributed by atoms with van der Waals surface area (Å²) >= 11 is 0. The van der Waals surface area contributed by atoms with Gasteiger partial charge in [0.15, 0.2) is 11.4 Å². The minimum Gasteiger partial charge on any atom is -0.294 e. The molecule has 0 saturated carbocycles. The third-order valence-corrected chi connectivity index (χ3v) is 4.15. The van der Waals surface area contributed by atoms with Gasteiger partial charge < -0.3 is 0 Å². The summed E-state index contributed by atoms with van der Waals surface area (Å²) in [5, 5.41) is 4.62. The molecule has 23 heavy (non-hydrogen) atoms. The highest BCUT2D eigenvalue weighted by molar-refractivity contribution is 5.95. The van der Waals surface area contributed by atoms with Crippen molar-refractivity contribution in [3.63, 3.8) is 0 Å². The molecule has 0 saturated heterocycles. The topological polar surface area (TPSA) is 47.3 Å². The average molecular weight is 307 g/mol. The van der Waals surface area contributed by atoms with E-state index >= 15 is 0 Å². The van der Waals surface area contributed by atoms with Crippen LogP contribution >= 0.6 is 0 Å². The van der Waals surface area contributed by atoms with Crippen molar-refractivity contribution in [2.24, 2.45) is 0 Å². The minimum atomic E-state index is 0.00322. The Labute approximate surface area is 136 Å². The van der Waals surface area contributed by atoms with Crippen LogP contribution in [0.2, 0.25) is 0 Å². The fourth-order valence-corrected chi connectivity index (χ4v) is 2.68. The van der Waals surface area contributed by atoms with Crippen LogP contribution in [0.3, 0.4) is 0 Å². The van der Waals surface area contributed by atoms with Gasteiger partial charge in [-0.1, -0.05) is 45.0 Å². The Bertz CT molecular complexity index is 883. The van der Waals surface area contributed by atoms with Gasteiger partial charge in [0.25, 0.3) is 0 Å². The Kier molecular flexibility index (Phi) is 3.55. The number of rotatable bonds is 2. The minimum absolute atomic E-state index is 0.00322. The zero-order valence-electron chi connectivity index (χ0n) is 14.2. The van der Waals surface area contributed by atoms with E-state index in [1.807, 2.05) is 13.0 Å². The Balaban J connectivity index is 2.07.